The predicted molar refractivity (Wildman–Crippen MR) is 61.0 cm³/mol. The molecule has 1 N–H and O–H groups in total. The van der Waals surface area contributed by atoms with E-state index in [-0.39, 0.29) is 11.9 Å². The van der Waals surface area contributed by atoms with E-state index in [0.29, 0.717) is 6.04 Å². The average Bonchev–Trinajstić information content (AvgIpc) is 2.80. The maximum Gasteiger partial charge on any atom is 0.247 e. The number of amides is 1. The van der Waals surface area contributed by atoms with Crippen LogP contribution in [-0.4, -0.2) is 46.3 Å². The lowest BCUT2D eigenvalue weighted by Gasteiger charge is -2.33. The quantitative estimate of drug-likeness (QED) is 0.781. The first kappa shape index (κ1) is 11.1. The van der Waals surface area contributed by atoms with Crippen LogP contribution >= 0.6 is 0 Å². The van der Waals surface area contributed by atoms with E-state index in [2.05, 4.69) is 17.3 Å². The molecule has 2 rings (SSSR count). The van der Waals surface area contributed by atoms with Crippen LogP contribution in [0.2, 0.25) is 0 Å². The fourth-order valence-electron chi connectivity index (χ4n) is 2.02. The van der Waals surface area contributed by atoms with Gasteiger partial charge >= 0.3 is 0 Å². The van der Waals surface area contributed by atoms with Gasteiger partial charge in [-0.25, -0.2) is 0 Å². The summed E-state index contributed by atoms with van der Waals surface area (Å²) in [6.45, 7) is 6.43. The molecule has 0 aliphatic carbocycles. The SMILES string of the molecule is CC(C(=O)N1CCN[C@@H](C)C1)n1cccn1. The number of aromatic nitrogens is 2. The Morgan fingerprint density at radius 1 is 1.62 bits per heavy atom. The summed E-state index contributed by atoms with van der Waals surface area (Å²) in [7, 11) is 0. The molecule has 5 nitrogen and oxygen atoms in total. The molecule has 1 aliphatic heterocycles. The van der Waals surface area contributed by atoms with Crippen LogP contribution < -0.4 is 5.32 Å². The zero-order valence-corrected chi connectivity index (χ0v) is 9.76. The minimum absolute atomic E-state index is 0.150. The number of carbonyl (C=O) groups excluding carboxylic acids is 1. The van der Waals surface area contributed by atoms with Gasteiger partial charge in [0, 0.05) is 38.1 Å². The van der Waals surface area contributed by atoms with Gasteiger partial charge in [0.25, 0.3) is 0 Å². The lowest BCUT2D eigenvalue weighted by molar-refractivity contribution is -0.135. The molecule has 5 heteroatoms. The molecular weight excluding hydrogens is 204 g/mol. The average molecular weight is 222 g/mol. The fraction of sp³-hybridized carbons (Fsp3) is 0.636. The van der Waals surface area contributed by atoms with Crippen LogP contribution in [0.4, 0.5) is 0 Å². The van der Waals surface area contributed by atoms with Gasteiger partial charge in [-0.2, -0.15) is 5.10 Å². The molecule has 0 saturated carbocycles. The largest absolute Gasteiger partial charge is 0.338 e. The lowest BCUT2D eigenvalue weighted by atomic mass is 10.2. The van der Waals surface area contributed by atoms with Gasteiger partial charge in [0.05, 0.1) is 0 Å². The van der Waals surface area contributed by atoms with Crippen molar-refractivity contribution < 1.29 is 4.79 Å². The van der Waals surface area contributed by atoms with Gasteiger partial charge in [-0.3, -0.25) is 9.48 Å². The van der Waals surface area contributed by atoms with Crippen molar-refractivity contribution in [2.75, 3.05) is 19.6 Å². The number of hydrogen-bond acceptors (Lipinski definition) is 3. The predicted octanol–water partition coefficient (Wildman–Crippen LogP) is 0.264. The molecule has 88 valence electrons. The van der Waals surface area contributed by atoms with E-state index in [4.69, 9.17) is 0 Å². The maximum atomic E-state index is 12.2. The van der Waals surface area contributed by atoms with Gasteiger partial charge < -0.3 is 10.2 Å². The number of nitrogens with zero attached hydrogens (tertiary/aromatic N) is 3. The molecule has 1 aromatic rings. The molecule has 1 aliphatic rings. The Bertz CT molecular complexity index is 349. The van der Waals surface area contributed by atoms with E-state index in [1.165, 1.54) is 0 Å². The summed E-state index contributed by atoms with van der Waals surface area (Å²) in [5.74, 6) is 0.150. The van der Waals surface area contributed by atoms with Crippen LogP contribution in [0.5, 0.6) is 0 Å². The van der Waals surface area contributed by atoms with Crippen molar-refractivity contribution >= 4 is 5.91 Å². The van der Waals surface area contributed by atoms with Crippen molar-refractivity contribution in [3.05, 3.63) is 18.5 Å². The summed E-state index contributed by atoms with van der Waals surface area (Å²) in [4.78, 5) is 14.1. The van der Waals surface area contributed by atoms with Crippen molar-refractivity contribution in [3.8, 4) is 0 Å². The molecule has 1 amide bonds. The third kappa shape index (κ3) is 2.24. The standard InChI is InChI=1S/C11H18N4O/c1-9-8-14(7-5-12-9)11(16)10(2)15-6-3-4-13-15/h3-4,6,9-10,12H,5,7-8H2,1-2H3/t9-,10?/m0/s1. The second-order valence-corrected chi connectivity index (χ2v) is 4.30. The highest BCUT2D eigenvalue weighted by Gasteiger charge is 2.25. The molecule has 16 heavy (non-hydrogen) atoms. The number of rotatable bonds is 2. The van der Waals surface area contributed by atoms with Gasteiger partial charge in [0.1, 0.15) is 6.04 Å². The molecule has 0 bridgehead atoms. The van der Waals surface area contributed by atoms with Crippen molar-refractivity contribution in [1.82, 2.24) is 20.0 Å². The Hall–Kier alpha value is -1.36. The number of carbonyl (C=O) groups is 1. The van der Waals surface area contributed by atoms with E-state index in [0.717, 1.165) is 19.6 Å². The van der Waals surface area contributed by atoms with E-state index < -0.39 is 0 Å². The summed E-state index contributed by atoms with van der Waals surface area (Å²) in [6, 6.07) is 2.01. The third-order valence-electron chi connectivity index (χ3n) is 2.96. The first-order valence-corrected chi connectivity index (χ1v) is 5.70. The maximum absolute atomic E-state index is 12.2. The zero-order chi connectivity index (χ0) is 11.5. The molecule has 1 saturated heterocycles. The third-order valence-corrected chi connectivity index (χ3v) is 2.96. The normalized spacial score (nSPS) is 23.1. The fourth-order valence-corrected chi connectivity index (χ4v) is 2.02. The molecule has 2 atom stereocenters. The molecule has 0 aromatic carbocycles. The Morgan fingerprint density at radius 2 is 2.44 bits per heavy atom. The van der Waals surface area contributed by atoms with E-state index >= 15 is 0 Å². The second-order valence-electron chi connectivity index (χ2n) is 4.30. The van der Waals surface area contributed by atoms with Crippen LogP contribution in [0.15, 0.2) is 18.5 Å². The molecule has 2 heterocycles. The molecule has 0 radical (unpaired) electrons. The first-order valence-electron chi connectivity index (χ1n) is 5.70. The van der Waals surface area contributed by atoms with E-state index in [9.17, 15) is 4.79 Å². The number of hydrogen-bond donors (Lipinski definition) is 1. The summed E-state index contributed by atoms with van der Waals surface area (Å²) in [5, 5.41) is 7.43. The molecule has 1 fully saturated rings. The van der Waals surface area contributed by atoms with Crippen molar-refractivity contribution in [2.45, 2.75) is 25.9 Å². The number of piperazine rings is 1. The lowest BCUT2D eigenvalue weighted by Crippen LogP contribution is -2.52. The summed E-state index contributed by atoms with van der Waals surface area (Å²) in [6.07, 6.45) is 3.53. The van der Waals surface area contributed by atoms with Crippen LogP contribution in [-0.2, 0) is 4.79 Å². The van der Waals surface area contributed by atoms with Gasteiger partial charge in [0.2, 0.25) is 5.91 Å². The Balaban J connectivity index is 2.01. The summed E-state index contributed by atoms with van der Waals surface area (Å²) >= 11 is 0. The summed E-state index contributed by atoms with van der Waals surface area (Å²) in [5.41, 5.74) is 0. The summed E-state index contributed by atoms with van der Waals surface area (Å²) < 4.78 is 1.70. The Kier molecular flexibility index (Phi) is 3.24. The van der Waals surface area contributed by atoms with Crippen LogP contribution in [0.25, 0.3) is 0 Å². The topological polar surface area (TPSA) is 50.2 Å². The molecular formula is C11H18N4O. The number of nitrogens with one attached hydrogen (secondary N) is 1. The van der Waals surface area contributed by atoms with Gasteiger partial charge in [-0.1, -0.05) is 0 Å². The highest BCUT2D eigenvalue weighted by Crippen LogP contribution is 2.10. The minimum atomic E-state index is -0.208. The van der Waals surface area contributed by atoms with Gasteiger partial charge in [0.15, 0.2) is 0 Å². The monoisotopic (exact) mass is 222 g/mol. The highest BCUT2D eigenvalue weighted by atomic mass is 16.2. The van der Waals surface area contributed by atoms with E-state index in [1.54, 1.807) is 10.9 Å². The van der Waals surface area contributed by atoms with Crippen LogP contribution in [0, 0.1) is 0 Å². The van der Waals surface area contributed by atoms with Crippen molar-refractivity contribution in [1.29, 1.82) is 0 Å². The van der Waals surface area contributed by atoms with Gasteiger partial charge in [-0.15, -0.1) is 0 Å². The van der Waals surface area contributed by atoms with E-state index in [1.807, 2.05) is 24.1 Å². The zero-order valence-electron chi connectivity index (χ0n) is 9.76. The van der Waals surface area contributed by atoms with Crippen LogP contribution in [0.3, 0.4) is 0 Å². The first-order chi connectivity index (χ1) is 7.68. The minimum Gasteiger partial charge on any atom is -0.338 e. The Labute approximate surface area is 95.4 Å². The molecule has 1 unspecified atom stereocenters. The van der Waals surface area contributed by atoms with Crippen molar-refractivity contribution in [2.24, 2.45) is 0 Å². The molecule has 1 aromatic heterocycles. The highest BCUT2D eigenvalue weighted by molar-refractivity contribution is 5.80. The van der Waals surface area contributed by atoms with Crippen LogP contribution in [0.1, 0.15) is 19.9 Å². The second kappa shape index (κ2) is 4.65. The van der Waals surface area contributed by atoms with Crippen molar-refractivity contribution in [3.63, 3.8) is 0 Å². The Morgan fingerprint density at radius 3 is 3.06 bits per heavy atom. The molecule has 0 spiro atoms. The van der Waals surface area contributed by atoms with Gasteiger partial charge in [-0.05, 0) is 19.9 Å². The smallest absolute Gasteiger partial charge is 0.247 e.